The minimum atomic E-state index is -0.222. The minimum Gasteiger partial charge on any atom is -0.393 e. The van der Waals surface area contributed by atoms with Gasteiger partial charge in [0, 0.05) is 5.92 Å². The average Bonchev–Trinajstić information content (AvgIpc) is 2.47. The van der Waals surface area contributed by atoms with E-state index in [1.807, 2.05) is 18.2 Å². The van der Waals surface area contributed by atoms with E-state index in [-0.39, 0.29) is 18.3 Å². The van der Waals surface area contributed by atoms with Crippen LogP contribution in [0.4, 0.5) is 0 Å². The Bertz CT molecular complexity index is 344. The van der Waals surface area contributed by atoms with Gasteiger partial charge in [-0.25, -0.2) is 0 Å². The SMILES string of the molecule is CCCC(O)C1CCC(OCc2ccccc2)OC1. The first-order chi connectivity index (χ1) is 9.29. The Labute approximate surface area is 115 Å². The predicted octanol–water partition coefficient (Wildman–Crippen LogP) is 3.12. The molecule has 0 spiro atoms. The lowest BCUT2D eigenvalue weighted by molar-refractivity contribution is -0.190. The molecule has 19 heavy (non-hydrogen) atoms. The molecule has 1 fully saturated rings. The number of benzene rings is 1. The lowest BCUT2D eigenvalue weighted by atomic mass is 9.93. The largest absolute Gasteiger partial charge is 0.393 e. The molecule has 1 heterocycles. The van der Waals surface area contributed by atoms with Gasteiger partial charge in [-0.05, 0) is 24.8 Å². The van der Waals surface area contributed by atoms with E-state index in [0.29, 0.717) is 13.2 Å². The van der Waals surface area contributed by atoms with E-state index in [1.54, 1.807) is 0 Å². The molecule has 0 aromatic heterocycles. The molecule has 0 radical (unpaired) electrons. The van der Waals surface area contributed by atoms with Crippen molar-refractivity contribution in [3.05, 3.63) is 35.9 Å². The van der Waals surface area contributed by atoms with Crippen molar-refractivity contribution in [3.63, 3.8) is 0 Å². The first-order valence-electron chi connectivity index (χ1n) is 7.24. The fourth-order valence-corrected chi connectivity index (χ4v) is 2.48. The van der Waals surface area contributed by atoms with Gasteiger partial charge >= 0.3 is 0 Å². The van der Waals surface area contributed by atoms with Crippen molar-refractivity contribution >= 4 is 0 Å². The smallest absolute Gasteiger partial charge is 0.158 e. The quantitative estimate of drug-likeness (QED) is 0.858. The van der Waals surface area contributed by atoms with E-state index in [1.165, 1.54) is 5.56 Å². The average molecular weight is 264 g/mol. The van der Waals surface area contributed by atoms with E-state index in [9.17, 15) is 5.11 Å². The van der Waals surface area contributed by atoms with Crippen LogP contribution in [0.1, 0.15) is 38.2 Å². The third-order valence-corrected chi connectivity index (χ3v) is 3.68. The van der Waals surface area contributed by atoms with Gasteiger partial charge in [-0.15, -0.1) is 0 Å². The molecule has 3 heteroatoms. The Hall–Kier alpha value is -0.900. The van der Waals surface area contributed by atoms with Gasteiger partial charge in [0.05, 0.1) is 19.3 Å². The van der Waals surface area contributed by atoms with Crippen LogP contribution < -0.4 is 0 Å². The third-order valence-electron chi connectivity index (χ3n) is 3.68. The van der Waals surface area contributed by atoms with Crippen molar-refractivity contribution < 1.29 is 14.6 Å². The van der Waals surface area contributed by atoms with Crippen LogP contribution in [0.25, 0.3) is 0 Å². The summed E-state index contributed by atoms with van der Waals surface area (Å²) in [4.78, 5) is 0. The second-order valence-corrected chi connectivity index (χ2v) is 5.25. The molecule has 0 amide bonds. The molecule has 3 nitrogen and oxygen atoms in total. The van der Waals surface area contributed by atoms with Crippen LogP contribution >= 0.6 is 0 Å². The second-order valence-electron chi connectivity index (χ2n) is 5.25. The first-order valence-corrected chi connectivity index (χ1v) is 7.24. The molecule has 1 saturated heterocycles. The monoisotopic (exact) mass is 264 g/mol. The van der Waals surface area contributed by atoms with Gasteiger partial charge in [0.1, 0.15) is 0 Å². The zero-order valence-corrected chi connectivity index (χ0v) is 11.6. The Balaban J connectivity index is 1.69. The van der Waals surface area contributed by atoms with Gasteiger partial charge in [0.15, 0.2) is 6.29 Å². The highest BCUT2D eigenvalue weighted by Gasteiger charge is 2.26. The van der Waals surface area contributed by atoms with Gasteiger partial charge in [-0.3, -0.25) is 0 Å². The number of aliphatic hydroxyl groups excluding tert-OH is 1. The predicted molar refractivity (Wildman–Crippen MR) is 74.6 cm³/mol. The Morgan fingerprint density at radius 1 is 1.32 bits per heavy atom. The van der Waals surface area contributed by atoms with Gasteiger partial charge < -0.3 is 14.6 Å². The molecule has 2 rings (SSSR count). The van der Waals surface area contributed by atoms with Gasteiger partial charge in [-0.1, -0.05) is 43.7 Å². The van der Waals surface area contributed by atoms with Crippen LogP contribution in [-0.2, 0) is 16.1 Å². The molecule has 0 bridgehead atoms. The van der Waals surface area contributed by atoms with Crippen LogP contribution in [-0.4, -0.2) is 24.1 Å². The van der Waals surface area contributed by atoms with Crippen LogP contribution in [0.2, 0.25) is 0 Å². The molecular formula is C16H24O3. The summed E-state index contributed by atoms with van der Waals surface area (Å²) in [5.74, 6) is 0.275. The number of hydrogen-bond acceptors (Lipinski definition) is 3. The molecule has 3 atom stereocenters. The fraction of sp³-hybridized carbons (Fsp3) is 0.625. The van der Waals surface area contributed by atoms with Crippen LogP contribution in [0.5, 0.6) is 0 Å². The van der Waals surface area contributed by atoms with Gasteiger partial charge in [-0.2, -0.15) is 0 Å². The lowest BCUT2D eigenvalue weighted by Gasteiger charge is -2.31. The van der Waals surface area contributed by atoms with Crippen molar-refractivity contribution in [2.24, 2.45) is 5.92 Å². The normalized spacial score (nSPS) is 25.2. The number of hydrogen-bond donors (Lipinski definition) is 1. The first kappa shape index (κ1) is 14.5. The topological polar surface area (TPSA) is 38.7 Å². The van der Waals surface area contributed by atoms with E-state index >= 15 is 0 Å². The zero-order valence-electron chi connectivity index (χ0n) is 11.6. The Morgan fingerprint density at radius 2 is 2.11 bits per heavy atom. The van der Waals surface area contributed by atoms with E-state index in [4.69, 9.17) is 9.47 Å². The summed E-state index contributed by atoms with van der Waals surface area (Å²) in [6.45, 7) is 3.30. The number of aliphatic hydroxyl groups is 1. The summed E-state index contributed by atoms with van der Waals surface area (Å²) in [5, 5.41) is 9.95. The van der Waals surface area contributed by atoms with Crippen LogP contribution in [0, 0.1) is 5.92 Å². The highest BCUT2D eigenvalue weighted by molar-refractivity contribution is 5.13. The molecule has 0 aliphatic carbocycles. The van der Waals surface area contributed by atoms with Crippen molar-refractivity contribution in [3.8, 4) is 0 Å². The zero-order chi connectivity index (χ0) is 13.5. The summed E-state index contributed by atoms with van der Waals surface area (Å²) in [6, 6.07) is 10.1. The van der Waals surface area contributed by atoms with Crippen molar-refractivity contribution in [1.82, 2.24) is 0 Å². The van der Waals surface area contributed by atoms with Crippen molar-refractivity contribution in [2.75, 3.05) is 6.61 Å². The maximum absolute atomic E-state index is 9.95. The summed E-state index contributed by atoms with van der Waals surface area (Å²) in [7, 11) is 0. The highest BCUT2D eigenvalue weighted by Crippen LogP contribution is 2.25. The Morgan fingerprint density at radius 3 is 2.74 bits per heavy atom. The number of rotatable bonds is 6. The maximum Gasteiger partial charge on any atom is 0.158 e. The molecule has 1 N–H and O–H groups in total. The molecule has 1 aliphatic rings. The van der Waals surface area contributed by atoms with Gasteiger partial charge in [0.2, 0.25) is 0 Å². The van der Waals surface area contributed by atoms with Crippen LogP contribution in [0.3, 0.4) is 0 Å². The summed E-state index contributed by atoms with van der Waals surface area (Å²) < 4.78 is 11.5. The molecule has 106 valence electrons. The molecular weight excluding hydrogens is 240 g/mol. The van der Waals surface area contributed by atoms with Gasteiger partial charge in [0.25, 0.3) is 0 Å². The lowest BCUT2D eigenvalue weighted by Crippen LogP contribution is -2.34. The minimum absolute atomic E-state index is 0.120. The summed E-state index contributed by atoms with van der Waals surface area (Å²) in [6.07, 6.45) is 3.40. The van der Waals surface area contributed by atoms with Crippen LogP contribution in [0.15, 0.2) is 30.3 Å². The summed E-state index contributed by atoms with van der Waals surface area (Å²) >= 11 is 0. The second kappa shape index (κ2) is 7.63. The molecule has 3 unspecified atom stereocenters. The van der Waals surface area contributed by atoms with Crippen molar-refractivity contribution in [2.45, 2.75) is 51.6 Å². The molecule has 0 saturated carbocycles. The standard InChI is InChI=1S/C16H24O3/c1-2-6-15(17)14-9-10-16(19-12-14)18-11-13-7-4-3-5-8-13/h3-5,7-8,14-17H,2,6,9-12H2,1H3. The summed E-state index contributed by atoms with van der Waals surface area (Å²) in [5.41, 5.74) is 1.17. The molecule has 1 aliphatic heterocycles. The third kappa shape index (κ3) is 4.60. The number of ether oxygens (including phenoxy) is 2. The van der Waals surface area contributed by atoms with E-state index in [0.717, 1.165) is 25.7 Å². The highest BCUT2D eigenvalue weighted by atomic mass is 16.7. The van der Waals surface area contributed by atoms with Crippen molar-refractivity contribution in [1.29, 1.82) is 0 Å². The fourth-order valence-electron chi connectivity index (χ4n) is 2.48. The molecule has 1 aromatic rings. The Kier molecular flexibility index (Phi) is 5.83. The molecule has 1 aromatic carbocycles. The van der Waals surface area contributed by atoms with E-state index < -0.39 is 0 Å². The van der Waals surface area contributed by atoms with E-state index in [2.05, 4.69) is 19.1 Å². The maximum atomic E-state index is 9.95.